The van der Waals surface area contributed by atoms with E-state index in [0.717, 1.165) is 51.0 Å². The summed E-state index contributed by atoms with van der Waals surface area (Å²) in [7, 11) is 3.26. The second-order valence-electron chi connectivity index (χ2n) is 7.59. The first-order chi connectivity index (χ1) is 15.6. The van der Waals surface area contributed by atoms with Gasteiger partial charge >= 0.3 is 0 Å². The molecule has 164 valence electrons. The predicted octanol–water partition coefficient (Wildman–Crippen LogP) is 4.37. The summed E-state index contributed by atoms with van der Waals surface area (Å²) < 4.78 is 23.6. The summed E-state index contributed by atoms with van der Waals surface area (Å²) in [5, 5.41) is 8.26. The smallest absolute Gasteiger partial charge is 0.231 e. The highest BCUT2D eigenvalue weighted by atomic mass is 16.7. The van der Waals surface area contributed by atoms with E-state index in [1.807, 2.05) is 60.8 Å². The third kappa shape index (κ3) is 3.43. The lowest BCUT2D eigenvalue weighted by molar-refractivity contribution is 0.174. The number of nitrogens with one attached hydrogen (secondary N) is 1. The molecule has 4 aromatic rings. The normalized spacial score (nSPS) is 12.2. The van der Waals surface area contributed by atoms with Crippen LogP contribution in [0.25, 0.3) is 16.8 Å². The van der Waals surface area contributed by atoms with E-state index in [2.05, 4.69) is 5.32 Å². The molecular formula is C24H24N4O4. The van der Waals surface area contributed by atoms with E-state index < -0.39 is 0 Å². The number of anilines is 1. The molecule has 0 saturated carbocycles. The Morgan fingerprint density at radius 3 is 2.59 bits per heavy atom. The van der Waals surface area contributed by atoms with E-state index in [0.29, 0.717) is 18.0 Å². The van der Waals surface area contributed by atoms with Gasteiger partial charge in [0.1, 0.15) is 5.82 Å². The quantitative estimate of drug-likeness (QED) is 0.485. The Kier molecular flexibility index (Phi) is 4.97. The van der Waals surface area contributed by atoms with Gasteiger partial charge in [-0.3, -0.25) is 0 Å². The summed E-state index contributed by atoms with van der Waals surface area (Å²) in [5.74, 6) is 3.75. The monoisotopic (exact) mass is 432 g/mol. The van der Waals surface area contributed by atoms with Crippen LogP contribution >= 0.6 is 0 Å². The van der Waals surface area contributed by atoms with Gasteiger partial charge in [0.15, 0.2) is 28.6 Å². The van der Waals surface area contributed by atoms with Crippen molar-refractivity contribution in [2.24, 2.45) is 0 Å². The van der Waals surface area contributed by atoms with Crippen molar-refractivity contribution < 1.29 is 18.9 Å². The first kappa shape index (κ1) is 20.0. The first-order valence-corrected chi connectivity index (χ1v) is 10.3. The Balaban J connectivity index is 1.52. The Labute approximate surface area is 185 Å². The van der Waals surface area contributed by atoms with E-state index in [1.165, 1.54) is 0 Å². The molecule has 2 aromatic heterocycles. The van der Waals surface area contributed by atoms with E-state index in [1.54, 1.807) is 14.2 Å². The van der Waals surface area contributed by atoms with Crippen LogP contribution in [0.3, 0.4) is 0 Å². The second kappa shape index (κ2) is 7.96. The fourth-order valence-electron chi connectivity index (χ4n) is 3.94. The Bertz CT molecular complexity index is 1320. The van der Waals surface area contributed by atoms with Gasteiger partial charge in [-0.2, -0.15) is 9.61 Å². The van der Waals surface area contributed by atoms with Crippen LogP contribution in [0, 0.1) is 13.8 Å². The van der Waals surface area contributed by atoms with Gasteiger partial charge in [0.05, 0.1) is 19.9 Å². The average Bonchev–Trinajstić information content (AvgIpc) is 3.40. The number of hydrogen-bond donors (Lipinski definition) is 1. The van der Waals surface area contributed by atoms with Crippen molar-refractivity contribution >= 4 is 11.5 Å². The molecule has 8 heteroatoms. The Hall–Kier alpha value is -3.94. The lowest BCUT2D eigenvalue weighted by atomic mass is 10.1. The third-order valence-electron chi connectivity index (χ3n) is 5.47. The molecule has 0 radical (unpaired) electrons. The van der Waals surface area contributed by atoms with E-state index >= 15 is 0 Å². The molecule has 0 fully saturated rings. The van der Waals surface area contributed by atoms with Crippen molar-refractivity contribution in [1.82, 2.24) is 14.6 Å². The number of nitrogens with zero attached hydrogens (tertiary/aromatic N) is 3. The maximum Gasteiger partial charge on any atom is 0.231 e. The maximum atomic E-state index is 5.49. The molecule has 1 aliphatic rings. The van der Waals surface area contributed by atoms with Gasteiger partial charge in [-0.15, -0.1) is 0 Å². The first-order valence-electron chi connectivity index (χ1n) is 10.3. The summed E-state index contributed by atoms with van der Waals surface area (Å²) in [6.45, 7) is 4.84. The van der Waals surface area contributed by atoms with E-state index in [-0.39, 0.29) is 6.79 Å². The molecule has 2 aromatic carbocycles. The molecule has 0 amide bonds. The standard InChI is InChI=1S/C24H24N4O4/c1-14-9-22(25-12-16-5-7-19-21(10-16)32-13-31-19)28-24(26-14)23(15(2)27-28)17-6-8-18(29-3)20(11-17)30-4/h5-11,25H,12-13H2,1-4H3. The molecular weight excluding hydrogens is 408 g/mol. The minimum atomic E-state index is 0.266. The van der Waals surface area contributed by atoms with Crippen molar-refractivity contribution in [2.45, 2.75) is 20.4 Å². The lowest BCUT2D eigenvalue weighted by Crippen LogP contribution is -2.07. The van der Waals surface area contributed by atoms with E-state index in [9.17, 15) is 0 Å². The van der Waals surface area contributed by atoms with Crippen molar-refractivity contribution in [3.63, 3.8) is 0 Å². The number of aryl methyl sites for hydroxylation is 2. The summed E-state index contributed by atoms with van der Waals surface area (Å²) in [5.41, 5.74) is 5.56. The third-order valence-corrected chi connectivity index (χ3v) is 5.47. The van der Waals surface area contributed by atoms with Crippen molar-refractivity contribution in [3.05, 3.63) is 59.4 Å². The zero-order chi connectivity index (χ0) is 22.2. The van der Waals surface area contributed by atoms with Crippen LogP contribution in [-0.2, 0) is 6.54 Å². The molecule has 0 atom stereocenters. The molecule has 1 N–H and O–H groups in total. The minimum absolute atomic E-state index is 0.266. The molecule has 5 rings (SSSR count). The predicted molar refractivity (Wildman–Crippen MR) is 121 cm³/mol. The Morgan fingerprint density at radius 2 is 1.78 bits per heavy atom. The van der Waals surface area contributed by atoms with Crippen LogP contribution in [0.5, 0.6) is 23.0 Å². The SMILES string of the molecule is COc1ccc(-c2c(C)nn3c(NCc4ccc5c(c4)OCO5)cc(C)nc23)cc1OC. The molecule has 1 aliphatic heterocycles. The number of methoxy groups -OCH3 is 2. The van der Waals surface area contributed by atoms with Crippen LogP contribution < -0.4 is 24.3 Å². The summed E-state index contributed by atoms with van der Waals surface area (Å²) in [6, 6.07) is 13.8. The molecule has 0 saturated heterocycles. The highest BCUT2D eigenvalue weighted by molar-refractivity contribution is 5.82. The van der Waals surface area contributed by atoms with Crippen molar-refractivity contribution in [3.8, 4) is 34.1 Å². The van der Waals surface area contributed by atoms with Gasteiger partial charge in [-0.25, -0.2) is 4.98 Å². The summed E-state index contributed by atoms with van der Waals surface area (Å²) in [4.78, 5) is 4.79. The minimum Gasteiger partial charge on any atom is -0.493 e. The number of fused-ring (bicyclic) bond motifs is 2. The number of ether oxygens (including phenoxy) is 4. The second-order valence-corrected chi connectivity index (χ2v) is 7.59. The largest absolute Gasteiger partial charge is 0.493 e. The number of benzene rings is 2. The molecule has 3 heterocycles. The zero-order valence-electron chi connectivity index (χ0n) is 18.4. The van der Waals surface area contributed by atoms with Crippen LogP contribution in [0.15, 0.2) is 42.5 Å². The average molecular weight is 432 g/mol. The molecule has 0 aliphatic carbocycles. The lowest BCUT2D eigenvalue weighted by Gasteiger charge is -2.11. The molecule has 0 unspecified atom stereocenters. The summed E-state index contributed by atoms with van der Waals surface area (Å²) in [6.07, 6.45) is 0. The van der Waals surface area contributed by atoms with Crippen LogP contribution in [0.4, 0.5) is 5.82 Å². The van der Waals surface area contributed by atoms with Crippen molar-refractivity contribution in [2.75, 3.05) is 26.3 Å². The number of rotatable bonds is 6. The topological polar surface area (TPSA) is 79.1 Å². The van der Waals surface area contributed by atoms with Gasteiger partial charge in [-0.05, 0) is 49.2 Å². The summed E-state index contributed by atoms with van der Waals surface area (Å²) >= 11 is 0. The van der Waals surface area contributed by atoms with Gasteiger partial charge < -0.3 is 24.3 Å². The van der Waals surface area contributed by atoms with Gasteiger partial charge in [-0.1, -0.05) is 12.1 Å². The fraction of sp³-hybridized carbons (Fsp3) is 0.250. The maximum absolute atomic E-state index is 5.49. The van der Waals surface area contributed by atoms with Crippen LogP contribution in [-0.4, -0.2) is 35.6 Å². The molecule has 8 nitrogen and oxygen atoms in total. The highest BCUT2D eigenvalue weighted by Gasteiger charge is 2.18. The van der Waals surface area contributed by atoms with Gasteiger partial charge in [0.2, 0.25) is 6.79 Å². The van der Waals surface area contributed by atoms with Crippen molar-refractivity contribution in [1.29, 1.82) is 0 Å². The zero-order valence-corrected chi connectivity index (χ0v) is 18.4. The van der Waals surface area contributed by atoms with Gasteiger partial charge in [0.25, 0.3) is 0 Å². The Morgan fingerprint density at radius 1 is 0.969 bits per heavy atom. The fourth-order valence-corrected chi connectivity index (χ4v) is 3.94. The van der Waals surface area contributed by atoms with Crippen LogP contribution in [0.2, 0.25) is 0 Å². The highest BCUT2D eigenvalue weighted by Crippen LogP contribution is 2.36. The number of aromatic nitrogens is 3. The van der Waals surface area contributed by atoms with Gasteiger partial charge in [0, 0.05) is 23.9 Å². The molecule has 0 spiro atoms. The number of hydrogen-bond acceptors (Lipinski definition) is 7. The molecule has 0 bridgehead atoms. The van der Waals surface area contributed by atoms with Crippen LogP contribution in [0.1, 0.15) is 17.0 Å². The van der Waals surface area contributed by atoms with E-state index in [4.69, 9.17) is 29.0 Å². The molecule has 32 heavy (non-hydrogen) atoms.